The number of aromatic nitrogens is 2. The van der Waals surface area contributed by atoms with Crippen LogP contribution in [-0.4, -0.2) is 39.7 Å². The number of hydrogen-bond acceptors (Lipinski definition) is 5. The zero-order valence-electron chi connectivity index (χ0n) is 14.6. The number of likely N-dealkylation sites (N-methyl/N-ethyl adjacent to an activating group) is 1. The largest absolute Gasteiger partial charge is 0.332 e. The van der Waals surface area contributed by atoms with E-state index in [1.807, 2.05) is 32.0 Å². The molecule has 0 unspecified atom stereocenters. The van der Waals surface area contributed by atoms with Crippen molar-refractivity contribution in [2.45, 2.75) is 13.8 Å². The Labute approximate surface area is 153 Å². The van der Waals surface area contributed by atoms with Crippen LogP contribution < -0.4 is 10.9 Å². The molecule has 0 spiro atoms. The number of benzene rings is 1. The van der Waals surface area contributed by atoms with Crippen LogP contribution in [-0.2, 0) is 4.79 Å². The summed E-state index contributed by atoms with van der Waals surface area (Å²) in [4.78, 5) is 43.0. The molecule has 0 bridgehead atoms. The number of aryl methyl sites for hydroxylation is 1. The van der Waals surface area contributed by atoms with Crippen LogP contribution in [0.2, 0.25) is 0 Å². The molecule has 0 aliphatic carbocycles. The van der Waals surface area contributed by atoms with E-state index < -0.39 is 11.5 Å². The lowest BCUT2D eigenvalue weighted by Gasteiger charge is -2.17. The number of thiazole rings is 1. The SMILES string of the molecule is Cc1cccc(NC(=O)CN(C)C(=O)c2cnc3sccn3c2=O)c1C. The highest BCUT2D eigenvalue weighted by Gasteiger charge is 2.20. The first-order valence-electron chi connectivity index (χ1n) is 7.95. The topological polar surface area (TPSA) is 83.8 Å². The van der Waals surface area contributed by atoms with Crippen molar-refractivity contribution >= 4 is 33.8 Å². The Morgan fingerprint density at radius 3 is 2.85 bits per heavy atom. The molecule has 134 valence electrons. The smallest absolute Gasteiger partial charge is 0.271 e. The second-order valence-corrected chi connectivity index (χ2v) is 6.86. The van der Waals surface area contributed by atoms with Crippen LogP contribution in [0.5, 0.6) is 0 Å². The van der Waals surface area contributed by atoms with Gasteiger partial charge in [-0.15, -0.1) is 11.3 Å². The minimum atomic E-state index is -0.542. The monoisotopic (exact) mass is 370 g/mol. The average Bonchev–Trinajstić information content (AvgIpc) is 3.08. The van der Waals surface area contributed by atoms with Crippen LogP contribution in [0.15, 0.2) is 40.8 Å². The van der Waals surface area contributed by atoms with Gasteiger partial charge < -0.3 is 10.2 Å². The van der Waals surface area contributed by atoms with E-state index in [1.54, 1.807) is 11.6 Å². The molecule has 0 radical (unpaired) electrons. The Kier molecular flexibility index (Phi) is 4.85. The highest BCUT2D eigenvalue weighted by molar-refractivity contribution is 7.15. The number of amides is 2. The van der Waals surface area contributed by atoms with Crippen LogP contribution in [0.25, 0.3) is 4.96 Å². The Morgan fingerprint density at radius 1 is 1.31 bits per heavy atom. The van der Waals surface area contributed by atoms with Crippen molar-refractivity contribution in [1.82, 2.24) is 14.3 Å². The molecule has 26 heavy (non-hydrogen) atoms. The van der Waals surface area contributed by atoms with E-state index in [0.29, 0.717) is 10.6 Å². The molecule has 0 saturated heterocycles. The Hall–Kier alpha value is -3.00. The van der Waals surface area contributed by atoms with Crippen LogP contribution >= 0.6 is 11.3 Å². The molecule has 3 aromatic rings. The van der Waals surface area contributed by atoms with E-state index >= 15 is 0 Å². The van der Waals surface area contributed by atoms with Crippen LogP contribution in [0, 0.1) is 13.8 Å². The fourth-order valence-corrected chi connectivity index (χ4v) is 3.22. The van der Waals surface area contributed by atoms with Gasteiger partial charge in [0.2, 0.25) is 5.91 Å². The Morgan fingerprint density at radius 2 is 2.08 bits per heavy atom. The van der Waals surface area contributed by atoms with Crippen molar-refractivity contribution < 1.29 is 9.59 Å². The third kappa shape index (κ3) is 3.36. The maximum Gasteiger partial charge on any atom is 0.271 e. The number of nitrogens with zero attached hydrogens (tertiary/aromatic N) is 3. The lowest BCUT2D eigenvalue weighted by Crippen LogP contribution is -2.38. The molecule has 0 fully saturated rings. The van der Waals surface area contributed by atoms with Crippen LogP contribution in [0.3, 0.4) is 0 Å². The normalized spacial score (nSPS) is 10.7. The van der Waals surface area contributed by atoms with Crippen LogP contribution in [0.1, 0.15) is 21.5 Å². The van der Waals surface area contributed by atoms with Gasteiger partial charge in [-0.05, 0) is 31.0 Å². The van der Waals surface area contributed by atoms with Gasteiger partial charge in [0.25, 0.3) is 11.5 Å². The van der Waals surface area contributed by atoms with Gasteiger partial charge in [0.15, 0.2) is 4.96 Å². The summed E-state index contributed by atoms with van der Waals surface area (Å²) >= 11 is 1.31. The maximum absolute atomic E-state index is 12.5. The van der Waals surface area contributed by atoms with Crippen molar-refractivity contribution in [1.29, 1.82) is 0 Å². The van der Waals surface area contributed by atoms with Gasteiger partial charge in [-0.1, -0.05) is 12.1 Å². The van der Waals surface area contributed by atoms with Crippen LogP contribution in [0.4, 0.5) is 5.69 Å². The number of fused-ring (bicyclic) bond motifs is 1. The zero-order chi connectivity index (χ0) is 18.8. The molecule has 1 aromatic carbocycles. The summed E-state index contributed by atoms with van der Waals surface area (Å²) in [7, 11) is 1.48. The van der Waals surface area contributed by atoms with E-state index in [4.69, 9.17) is 0 Å². The number of carbonyl (C=O) groups is 2. The van der Waals surface area contributed by atoms with Gasteiger partial charge in [-0.25, -0.2) is 4.98 Å². The first-order chi connectivity index (χ1) is 12.4. The molecule has 7 nitrogen and oxygen atoms in total. The quantitative estimate of drug-likeness (QED) is 0.762. The molecule has 0 aliphatic heterocycles. The minimum Gasteiger partial charge on any atom is -0.332 e. The van der Waals surface area contributed by atoms with Gasteiger partial charge in [0.1, 0.15) is 5.56 Å². The molecule has 8 heteroatoms. The summed E-state index contributed by atoms with van der Waals surface area (Å²) in [6.07, 6.45) is 2.83. The van der Waals surface area contributed by atoms with E-state index in [2.05, 4.69) is 10.3 Å². The number of nitrogens with one attached hydrogen (secondary N) is 1. The van der Waals surface area contributed by atoms with Gasteiger partial charge >= 0.3 is 0 Å². The predicted molar refractivity (Wildman–Crippen MR) is 101 cm³/mol. The fraction of sp³-hybridized carbons (Fsp3) is 0.222. The summed E-state index contributed by atoms with van der Waals surface area (Å²) in [5.41, 5.74) is 2.24. The molecule has 0 aliphatic rings. The highest BCUT2D eigenvalue weighted by Crippen LogP contribution is 2.17. The van der Waals surface area contributed by atoms with Gasteiger partial charge in [-0.2, -0.15) is 0 Å². The summed E-state index contributed by atoms with van der Waals surface area (Å²) in [5.74, 6) is -0.876. The second kappa shape index (κ2) is 7.09. The van der Waals surface area contributed by atoms with Crippen molar-refractivity contribution in [2.24, 2.45) is 0 Å². The standard InChI is InChI=1S/C18H18N4O3S/c1-11-5-4-6-14(12(11)2)20-15(23)10-21(3)16(24)13-9-19-18-22(17(13)25)7-8-26-18/h4-9H,10H2,1-3H3,(H,20,23). The third-order valence-electron chi connectivity index (χ3n) is 4.18. The summed E-state index contributed by atoms with van der Waals surface area (Å²) < 4.78 is 1.32. The lowest BCUT2D eigenvalue weighted by atomic mass is 10.1. The minimum absolute atomic E-state index is 0.0667. The first-order valence-corrected chi connectivity index (χ1v) is 8.83. The molecule has 2 amide bonds. The number of carbonyl (C=O) groups excluding carboxylic acids is 2. The van der Waals surface area contributed by atoms with Gasteiger partial charge in [0.05, 0.1) is 6.54 Å². The maximum atomic E-state index is 12.5. The molecule has 0 atom stereocenters. The van der Waals surface area contributed by atoms with Gasteiger partial charge in [0, 0.05) is 30.5 Å². The van der Waals surface area contributed by atoms with Crippen molar-refractivity contribution in [3.8, 4) is 0 Å². The summed E-state index contributed by atoms with van der Waals surface area (Å²) in [6.45, 7) is 3.71. The van der Waals surface area contributed by atoms with Crippen molar-refractivity contribution in [3.63, 3.8) is 0 Å². The second-order valence-electron chi connectivity index (χ2n) is 5.99. The summed E-state index contributed by atoms with van der Waals surface area (Å²) in [5, 5.41) is 4.52. The Bertz CT molecular complexity index is 1050. The van der Waals surface area contributed by atoms with E-state index in [1.165, 1.54) is 33.9 Å². The molecule has 0 saturated carbocycles. The van der Waals surface area contributed by atoms with Crippen molar-refractivity contribution in [2.75, 3.05) is 18.9 Å². The number of hydrogen-bond donors (Lipinski definition) is 1. The van der Waals surface area contributed by atoms with Gasteiger partial charge in [-0.3, -0.25) is 18.8 Å². The zero-order valence-corrected chi connectivity index (χ0v) is 15.5. The predicted octanol–water partition coefficient (Wildman–Crippen LogP) is 2.08. The molecular formula is C18H18N4O3S. The van der Waals surface area contributed by atoms with E-state index in [0.717, 1.165) is 11.1 Å². The molecule has 1 N–H and O–H groups in total. The molecule has 3 rings (SSSR count). The molecule has 2 aromatic heterocycles. The highest BCUT2D eigenvalue weighted by atomic mass is 32.1. The first kappa shape index (κ1) is 17.8. The fourth-order valence-electron chi connectivity index (χ4n) is 2.54. The lowest BCUT2D eigenvalue weighted by molar-refractivity contribution is -0.116. The number of rotatable bonds is 4. The average molecular weight is 370 g/mol. The van der Waals surface area contributed by atoms with Crippen molar-refractivity contribution in [3.05, 3.63) is 63.0 Å². The van der Waals surface area contributed by atoms with E-state index in [-0.39, 0.29) is 18.0 Å². The number of anilines is 1. The third-order valence-corrected chi connectivity index (χ3v) is 4.95. The molecule has 2 heterocycles. The summed E-state index contributed by atoms with van der Waals surface area (Å²) in [6, 6.07) is 5.63. The molecular weight excluding hydrogens is 352 g/mol. The Balaban J connectivity index is 1.74. The van der Waals surface area contributed by atoms with E-state index in [9.17, 15) is 14.4 Å².